The summed E-state index contributed by atoms with van der Waals surface area (Å²) < 4.78 is 6.18. The second-order valence-electron chi connectivity index (χ2n) is 8.00. The van der Waals surface area contributed by atoms with E-state index < -0.39 is 0 Å². The largest absolute Gasteiger partial charge is 0.369 e. The molecule has 1 aliphatic heterocycles. The number of carbonyl (C=O) groups is 1. The van der Waals surface area contributed by atoms with Crippen LogP contribution in [-0.4, -0.2) is 40.5 Å². The van der Waals surface area contributed by atoms with E-state index in [4.69, 9.17) is 4.74 Å². The smallest absolute Gasteiger partial charge is 0.159 e. The molecule has 2 aliphatic rings. The van der Waals surface area contributed by atoms with Crippen molar-refractivity contribution in [2.45, 2.75) is 90.4 Å². The molecule has 3 nitrogen and oxygen atoms in total. The monoisotopic (exact) mass is 295 g/mol. The summed E-state index contributed by atoms with van der Waals surface area (Å²) in [5.41, 5.74) is -0.759. The second kappa shape index (κ2) is 5.66. The Balaban J connectivity index is 2.32. The maximum Gasteiger partial charge on any atom is 0.159 e. The highest BCUT2D eigenvalue weighted by molar-refractivity contribution is 5.92. The Morgan fingerprint density at radius 2 is 1.62 bits per heavy atom. The standard InChI is InChI=1S/C18H33NO2/c1-7-19(8-2)18(11-9-10-12-18)15(20)14-13-16(3,4)21-17(14,5)6/h14H,7-13H2,1-6H3. The molecule has 0 spiro atoms. The zero-order chi connectivity index (χ0) is 15.9. The zero-order valence-electron chi connectivity index (χ0n) is 14.8. The Kier molecular flexibility index (Phi) is 4.57. The molecule has 1 saturated heterocycles. The first-order valence-corrected chi connectivity index (χ1v) is 8.68. The van der Waals surface area contributed by atoms with Crippen LogP contribution in [-0.2, 0) is 9.53 Å². The molecule has 1 atom stereocenters. The van der Waals surface area contributed by atoms with Gasteiger partial charge in [-0.15, -0.1) is 0 Å². The number of Topliss-reactive ketones (excluding diaryl/α,β-unsaturated/α-hetero) is 1. The van der Waals surface area contributed by atoms with Crippen molar-refractivity contribution in [1.82, 2.24) is 4.90 Å². The van der Waals surface area contributed by atoms with E-state index in [1.165, 1.54) is 12.8 Å². The molecule has 0 N–H and O–H groups in total. The van der Waals surface area contributed by atoms with Gasteiger partial charge in [0.25, 0.3) is 0 Å². The lowest BCUT2D eigenvalue weighted by atomic mass is 9.74. The topological polar surface area (TPSA) is 29.5 Å². The van der Waals surface area contributed by atoms with E-state index in [2.05, 4.69) is 46.4 Å². The average Bonchev–Trinajstić information content (AvgIpc) is 2.93. The molecule has 1 unspecified atom stereocenters. The van der Waals surface area contributed by atoms with E-state index >= 15 is 0 Å². The number of rotatable bonds is 5. The van der Waals surface area contributed by atoms with Crippen molar-refractivity contribution < 1.29 is 9.53 Å². The van der Waals surface area contributed by atoms with E-state index in [1.807, 2.05) is 0 Å². The average molecular weight is 295 g/mol. The summed E-state index contributed by atoms with van der Waals surface area (Å²) in [6.45, 7) is 14.7. The number of hydrogen-bond acceptors (Lipinski definition) is 3. The van der Waals surface area contributed by atoms with Crippen LogP contribution in [0, 0.1) is 5.92 Å². The Morgan fingerprint density at radius 3 is 2.00 bits per heavy atom. The van der Waals surface area contributed by atoms with Gasteiger partial charge in [-0.05, 0) is 60.0 Å². The number of nitrogens with zero attached hydrogens (tertiary/aromatic N) is 1. The van der Waals surface area contributed by atoms with Crippen molar-refractivity contribution in [3.05, 3.63) is 0 Å². The molecular formula is C18H33NO2. The van der Waals surface area contributed by atoms with Crippen LogP contribution in [0.1, 0.15) is 73.6 Å². The van der Waals surface area contributed by atoms with Crippen molar-refractivity contribution in [1.29, 1.82) is 0 Å². The van der Waals surface area contributed by atoms with Crippen LogP contribution in [0.25, 0.3) is 0 Å². The normalized spacial score (nSPS) is 30.0. The first-order valence-electron chi connectivity index (χ1n) is 8.68. The maximum absolute atomic E-state index is 13.5. The summed E-state index contributed by atoms with van der Waals surface area (Å²) in [5, 5.41) is 0. The van der Waals surface area contributed by atoms with Crippen LogP contribution in [0.2, 0.25) is 0 Å². The van der Waals surface area contributed by atoms with E-state index in [1.54, 1.807) is 0 Å². The highest BCUT2D eigenvalue weighted by Crippen LogP contribution is 2.47. The van der Waals surface area contributed by atoms with Gasteiger partial charge in [0, 0.05) is 0 Å². The number of likely N-dealkylation sites (N-methyl/N-ethyl adjacent to an activating group) is 1. The first-order chi connectivity index (χ1) is 9.68. The minimum Gasteiger partial charge on any atom is -0.369 e. The third kappa shape index (κ3) is 2.92. The van der Waals surface area contributed by atoms with E-state index in [-0.39, 0.29) is 22.7 Å². The highest BCUT2D eigenvalue weighted by atomic mass is 16.5. The van der Waals surface area contributed by atoms with E-state index in [0.29, 0.717) is 5.78 Å². The molecule has 21 heavy (non-hydrogen) atoms. The molecule has 1 saturated carbocycles. The van der Waals surface area contributed by atoms with E-state index in [0.717, 1.165) is 32.4 Å². The predicted octanol–water partition coefficient (Wildman–Crippen LogP) is 3.80. The van der Waals surface area contributed by atoms with Crippen LogP contribution in [0.3, 0.4) is 0 Å². The zero-order valence-corrected chi connectivity index (χ0v) is 14.8. The summed E-state index contributed by atoms with van der Waals surface area (Å²) in [6.07, 6.45) is 5.27. The Hall–Kier alpha value is -0.410. The van der Waals surface area contributed by atoms with Crippen molar-refractivity contribution in [3.8, 4) is 0 Å². The SMILES string of the molecule is CCN(CC)C1(C(=O)C2CC(C)(C)OC2(C)C)CCCC1. The maximum atomic E-state index is 13.5. The van der Waals surface area contributed by atoms with Gasteiger partial charge < -0.3 is 4.74 Å². The van der Waals surface area contributed by atoms with Gasteiger partial charge in [-0.1, -0.05) is 26.7 Å². The van der Waals surface area contributed by atoms with Crippen LogP contribution >= 0.6 is 0 Å². The quantitative estimate of drug-likeness (QED) is 0.772. The minimum absolute atomic E-state index is 0.0196. The molecule has 2 fully saturated rings. The summed E-state index contributed by atoms with van der Waals surface area (Å²) in [6, 6.07) is 0. The van der Waals surface area contributed by atoms with Gasteiger partial charge in [0.2, 0.25) is 0 Å². The Bertz CT molecular complexity index is 390. The molecule has 0 aromatic heterocycles. The van der Waals surface area contributed by atoms with Gasteiger partial charge in [-0.2, -0.15) is 0 Å². The lowest BCUT2D eigenvalue weighted by Gasteiger charge is -2.42. The fourth-order valence-electron chi connectivity index (χ4n) is 4.80. The molecule has 0 aromatic carbocycles. The lowest BCUT2D eigenvalue weighted by Crippen LogP contribution is -2.56. The van der Waals surface area contributed by atoms with Gasteiger partial charge >= 0.3 is 0 Å². The Morgan fingerprint density at radius 1 is 1.10 bits per heavy atom. The molecule has 0 bridgehead atoms. The van der Waals surface area contributed by atoms with Gasteiger partial charge in [0.1, 0.15) is 0 Å². The van der Waals surface area contributed by atoms with Gasteiger partial charge in [-0.3, -0.25) is 9.69 Å². The molecule has 2 rings (SSSR count). The van der Waals surface area contributed by atoms with Crippen LogP contribution in [0.4, 0.5) is 0 Å². The molecule has 0 aromatic rings. The third-order valence-corrected chi connectivity index (χ3v) is 5.65. The van der Waals surface area contributed by atoms with Gasteiger partial charge in [-0.25, -0.2) is 0 Å². The first kappa shape index (κ1) is 17.0. The Labute approximate surface area is 130 Å². The summed E-state index contributed by atoms with van der Waals surface area (Å²) in [5.74, 6) is 0.463. The third-order valence-electron chi connectivity index (χ3n) is 5.65. The predicted molar refractivity (Wildman–Crippen MR) is 86.5 cm³/mol. The second-order valence-corrected chi connectivity index (χ2v) is 8.00. The minimum atomic E-state index is -0.344. The van der Waals surface area contributed by atoms with Gasteiger partial charge in [0.15, 0.2) is 5.78 Å². The molecule has 122 valence electrons. The number of ether oxygens (including phenoxy) is 1. The van der Waals surface area contributed by atoms with Crippen LogP contribution in [0.5, 0.6) is 0 Å². The molecule has 0 radical (unpaired) electrons. The van der Waals surface area contributed by atoms with Crippen molar-refractivity contribution in [3.63, 3.8) is 0 Å². The fourth-order valence-corrected chi connectivity index (χ4v) is 4.80. The number of carbonyl (C=O) groups excluding carboxylic acids is 1. The van der Waals surface area contributed by atoms with E-state index in [9.17, 15) is 4.79 Å². The lowest BCUT2D eigenvalue weighted by molar-refractivity contribution is -0.141. The van der Waals surface area contributed by atoms with Crippen molar-refractivity contribution in [2.24, 2.45) is 5.92 Å². The highest BCUT2D eigenvalue weighted by Gasteiger charge is 2.56. The molecule has 3 heteroatoms. The molecule has 1 aliphatic carbocycles. The van der Waals surface area contributed by atoms with Crippen LogP contribution < -0.4 is 0 Å². The summed E-state index contributed by atoms with van der Waals surface area (Å²) in [7, 11) is 0. The fraction of sp³-hybridized carbons (Fsp3) is 0.944. The number of hydrogen-bond donors (Lipinski definition) is 0. The van der Waals surface area contributed by atoms with Crippen LogP contribution in [0.15, 0.2) is 0 Å². The van der Waals surface area contributed by atoms with Gasteiger partial charge in [0.05, 0.1) is 22.7 Å². The molecular weight excluding hydrogens is 262 g/mol. The molecule has 0 amide bonds. The van der Waals surface area contributed by atoms with Crippen molar-refractivity contribution >= 4 is 5.78 Å². The van der Waals surface area contributed by atoms with Crippen molar-refractivity contribution in [2.75, 3.05) is 13.1 Å². The number of ketones is 1. The summed E-state index contributed by atoms with van der Waals surface area (Å²) in [4.78, 5) is 15.9. The molecule has 1 heterocycles. The summed E-state index contributed by atoms with van der Waals surface area (Å²) >= 11 is 0.